The summed E-state index contributed by atoms with van der Waals surface area (Å²) in [4.78, 5) is 11.7. The van der Waals surface area contributed by atoms with Gasteiger partial charge in [-0.25, -0.2) is 9.97 Å². The maximum atomic E-state index is 4.24. The van der Waals surface area contributed by atoms with Gasteiger partial charge in [-0.15, -0.1) is 6.58 Å². The monoisotopic (exact) mass is 460 g/mol. The van der Waals surface area contributed by atoms with E-state index in [2.05, 4.69) is 64.8 Å². The minimum atomic E-state index is 0.940. The molecule has 0 aliphatic heterocycles. The van der Waals surface area contributed by atoms with Crippen molar-refractivity contribution < 1.29 is 0 Å². The average Bonchev–Trinajstić information content (AvgIpc) is 3.15. The second-order valence-corrected chi connectivity index (χ2v) is 7.84. The number of imidazole rings is 1. The van der Waals surface area contributed by atoms with E-state index in [1.54, 1.807) is 6.33 Å². The SMILES string of the molecule is C=C(C)C.C=c1[nH]c(CC)c(Br)c1=C(C)C.CC.Cc1cnc2c(c1)ncn2C. The number of rotatable bonds is 1. The van der Waals surface area contributed by atoms with E-state index in [1.165, 1.54) is 26.5 Å². The first-order valence-corrected chi connectivity index (χ1v) is 10.8. The molecule has 0 spiro atoms. The Bertz CT molecular complexity index is 1020. The molecule has 160 valence electrons. The van der Waals surface area contributed by atoms with Gasteiger partial charge in [-0.05, 0) is 68.6 Å². The molecule has 0 radical (unpaired) electrons. The van der Waals surface area contributed by atoms with Gasteiger partial charge in [-0.3, -0.25) is 0 Å². The van der Waals surface area contributed by atoms with Crippen LogP contribution in [0.4, 0.5) is 0 Å². The molecule has 0 bridgehead atoms. The smallest absolute Gasteiger partial charge is 0.159 e. The van der Waals surface area contributed by atoms with Crippen molar-refractivity contribution in [2.24, 2.45) is 7.05 Å². The highest BCUT2D eigenvalue weighted by Crippen LogP contribution is 2.09. The van der Waals surface area contributed by atoms with E-state index < -0.39 is 0 Å². The van der Waals surface area contributed by atoms with Gasteiger partial charge in [0.1, 0.15) is 5.52 Å². The molecule has 0 aliphatic rings. The highest BCUT2D eigenvalue weighted by Gasteiger charge is 2.03. The first-order chi connectivity index (χ1) is 13.6. The summed E-state index contributed by atoms with van der Waals surface area (Å²) in [7, 11) is 1.94. The standard InChI is InChI=1S/C10H14BrN.C8H9N3.C4H8.C2H6/c1-5-8-10(11)9(6(2)3)7(4)12-8;1-6-3-7-8(9-4-6)11(2)5-10-7;1-4(2)3;1-2/h12H,4-5H2,1-3H3;3-5H,1-2H3;1H2,2-3H3;1-2H3. The number of fused-ring (bicyclic) bond motifs is 1. The first kappa shape index (κ1) is 26.9. The zero-order chi connectivity index (χ0) is 22.7. The Kier molecular flexibility index (Phi) is 12.2. The first-order valence-electron chi connectivity index (χ1n) is 9.97. The summed E-state index contributed by atoms with van der Waals surface area (Å²) in [5, 5.41) is 2.24. The number of nitrogens with one attached hydrogen (secondary N) is 1. The van der Waals surface area contributed by atoms with E-state index in [1.807, 2.05) is 58.5 Å². The van der Waals surface area contributed by atoms with E-state index in [4.69, 9.17) is 0 Å². The zero-order valence-electron chi connectivity index (χ0n) is 19.6. The molecule has 5 heteroatoms. The quantitative estimate of drug-likeness (QED) is 0.464. The molecule has 0 fully saturated rings. The van der Waals surface area contributed by atoms with Gasteiger partial charge in [0, 0.05) is 34.0 Å². The number of pyridine rings is 1. The van der Waals surface area contributed by atoms with E-state index in [9.17, 15) is 0 Å². The Morgan fingerprint density at radius 2 is 1.72 bits per heavy atom. The number of allylic oxidation sites excluding steroid dienone is 1. The molecule has 1 N–H and O–H groups in total. The average molecular weight is 461 g/mol. The molecule has 0 aromatic carbocycles. The van der Waals surface area contributed by atoms with Crippen molar-refractivity contribution in [3.05, 3.63) is 57.0 Å². The fraction of sp³-hybridized carbons (Fsp3) is 0.417. The lowest BCUT2D eigenvalue weighted by Gasteiger charge is -1.92. The van der Waals surface area contributed by atoms with Gasteiger partial charge in [0.25, 0.3) is 0 Å². The molecule has 4 nitrogen and oxygen atoms in total. The molecule has 0 unspecified atom stereocenters. The van der Waals surface area contributed by atoms with Crippen LogP contribution in [0.1, 0.15) is 59.7 Å². The second-order valence-electron chi connectivity index (χ2n) is 7.04. The van der Waals surface area contributed by atoms with Crippen molar-refractivity contribution in [3.8, 4) is 0 Å². The molecule has 3 rings (SSSR count). The van der Waals surface area contributed by atoms with Gasteiger partial charge < -0.3 is 9.55 Å². The van der Waals surface area contributed by atoms with E-state index >= 15 is 0 Å². The zero-order valence-corrected chi connectivity index (χ0v) is 21.2. The number of aryl methyl sites for hydroxylation is 3. The maximum Gasteiger partial charge on any atom is 0.159 e. The van der Waals surface area contributed by atoms with Crippen molar-refractivity contribution in [2.45, 2.75) is 61.8 Å². The van der Waals surface area contributed by atoms with Crippen LogP contribution in [0.2, 0.25) is 0 Å². The van der Waals surface area contributed by atoms with Gasteiger partial charge in [0.05, 0.1) is 6.33 Å². The van der Waals surface area contributed by atoms with Gasteiger partial charge >= 0.3 is 0 Å². The van der Waals surface area contributed by atoms with Gasteiger partial charge in [0.15, 0.2) is 5.65 Å². The van der Waals surface area contributed by atoms with Crippen LogP contribution in [-0.4, -0.2) is 19.5 Å². The Labute approximate surface area is 184 Å². The number of aromatic amines is 1. The summed E-state index contributed by atoms with van der Waals surface area (Å²) in [5.41, 5.74) is 6.75. The highest BCUT2D eigenvalue weighted by molar-refractivity contribution is 9.10. The number of nitrogens with zero attached hydrogens (tertiary/aromatic N) is 3. The summed E-state index contributed by atoms with van der Waals surface area (Å²) in [6, 6.07) is 2.03. The fourth-order valence-electron chi connectivity index (χ4n) is 2.46. The van der Waals surface area contributed by atoms with Crippen molar-refractivity contribution in [3.63, 3.8) is 0 Å². The van der Waals surface area contributed by atoms with Crippen LogP contribution in [0, 0.1) is 6.92 Å². The van der Waals surface area contributed by atoms with Crippen molar-refractivity contribution in [1.29, 1.82) is 0 Å². The molecule has 29 heavy (non-hydrogen) atoms. The number of H-pyrrole nitrogens is 1. The molecule has 0 atom stereocenters. The molecule has 0 saturated heterocycles. The third kappa shape index (κ3) is 8.40. The van der Waals surface area contributed by atoms with Gasteiger partial charge in [-0.2, -0.15) is 0 Å². The third-order valence-electron chi connectivity index (χ3n) is 3.63. The lowest BCUT2D eigenvalue weighted by molar-refractivity contribution is 0.930. The topological polar surface area (TPSA) is 46.5 Å². The van der Waals surface area contributed by atoms with Crippen molar-refractivity contribution in [2.75, 3.05) is 0 Å². The van der Waals surface area contributed by atoms with Crippen molar-refractivity contribution in [1.82, 2.24) is 19.5 Å². The van der Waals surface area contributed by atoms with Crippen LogP contribution in [0.15, 0.2) is 35.2 Å². The molecular formula is C24H37BrN4. The summed E-state index contributed by atoms with van der Waals surface area (Å²) in [5.74, 6) is 0. The molecular weight excluding hydrogens is 424 g/mol. The normalized spacial score (nSPS) is 9.45. The Morgan fingerprint density at radius 3 is 2.14 bits per heavy atom. The Balaban J connectivity index is 0.000000428. The summed E-state index contributed by atoms with van der Waals surface area (Å²) in [6.45, 7) is 23.8. The van der Waals surface area contributed by atoms with Crippen LogP contribution in [0.3, 0.4) is 0 Å². The lowest BCUT2D eigenvalue weighted by Crippen LogP contribution is -2.22. The number of hydrogen-bond donors (Lipinski definition) is 1. The minimum Gasteiger partial charge on any atom is -0.358 e. The molecule has 0 aliphatic carbocycles. The van der Waals surface area contributed by atoms with Gasteiger partial charge in [-0.1, -0.05) is 38.5 Å². The summed E-state index contributed by atoms with van der Waals surface area (Å²) in [6.07, 6.45) is 4.64. The molecule has 0 saturated carbocycles. The van der Waals surface area contributed by atoms with E-state index in [0.717, 1.165) is 28.5 Å². The second kappa shape index (κ2) is 13.2. The number of aromatic nitrogens is 4. The van der Waals surface area contributed by atoms with E-state index in [0.29, 0.717) is 0 Å². The van der Waals surface area contributed by atoms with Crippen LogP contribution in [0.25, 0.3) is 23.3 Å². The van der Waals surface area contributed by atoms with Crippen LogP contribution >= 0.6 is 15.9 Å². The van der Waals surface area contributed by atoms with E-state index in [-0.39, 0.29) is 0 Å². The predicted octanol–water partition coefficient (Wildman–Crippen LogP) is 5.83. The predicted molar refractivity (Wildman–Crippen MR) is 132 cm³/mol. The van der Waals surface area contributed by atoms with Crippen LogP contribution in [0.5, 0.6) is 0 Å². The van der Waals surface area contributed by atoms with Crippen molar-refractivity contribution >= 4 is 39.2 Å². The molecule has 3 aromatic heterocycles. The Hall–Kier alpha value is -2.14. The molecule has 3 aromatic rings. The lowest BCUT2D eigenvalue weighted by atomic mass is 10.2. The maximum absolute atomic E-state index is 4.24. The number of hydrogen-bond acceptors (Lipinski definition) is 2. The summed E-state index contributed by atoms with van der Waals surface area (Å²) < 4.78 is 3.09. The molecule has 0 amide bonds. The largest absolute Gasteiger partial charge is 0.358 e. The Morgan fingerprint density at radius 1 is 1.17 bits per heavy atom. The fourth-order valence-corrected chi connectivity index (χ4v) is 3.48. The van der Waals surface area contributed by atoms with Crippen LogP contribution in [-0.2, 0) is 13.5 Å². The third-order valence-corrected chi connectivity index (χ3v) is 4.50. The minimum absolute atomic E-state index is 0.940. The highest BCUT2D eigenvalue weighted by atomic mass is 79.9. The van der Waals surface area contributed by atoms with Crippen LogP contribution < -0.4 is 10.6 Å². The summed E-state index contributed by atoms with van der Waals surface area (Å²) >= 11 is 3.57. The van der Waals surface area contributed by atoms with Gasteiger partial charge in [0.2, 0.25) is 0 Å². The number of halogens is 1. The molecule has 3 heterocycles.